The van der Waals surface area contributed by atoms with Crippen molar-refractivity contribution in [1.29, 1.82) is 0 Å². The quantitative estimate of drug-likeness (QED) is 0.819. The lowest BCUT2D eigenvalue weighted by Crippen LogP contribution is -2.42. The van der Waals surface area contributed by atoms with Crippen molar-refractivity contribution >= 4 is 16.8 Å². The van der Waals surface area contributed by atoms with Crippen molar-refractivity contribution in [3.8, 4) is 0 Å². The Kier molecular flexibility index (Phi) is 4.20. The van der Waals surface area contributed by atoms with Crippen LogP contribution in [0.2, 0.25) is 0 Å². The van der Waals surface area contributed by atoms with E-state index in [0.717, 1.165) is 12.8 Å². The van der Waals surface area contributed by atoms with Crippen molar-refractivity contribution in [2.45, 2.75) is 31.8 Å². The lowest BCUT2D eigenvalue weighted by Gasteiger charge is -2.16. The largest absolute Gasteiger partial charge is 0.352 e. The molecule has 1 atom stereocenters. The zero-order chi connectivity index (χ0) is 15.5. The number of benzene rings is 1. The van der Waals surface area contributed by atoms with Gasteiger partial charge in [0.1, 0.15) is 0 Å². The van der Waals surface area contributed by atoms with E-state index in [1.807, 2.05) is 12.1 Å². The first kappa shape index (κ1) is 14.7. The smallest absolute Gasteiger partial charge is 0.261 e. The van der Waals surface area contributed by atoms with Gasteiger partial charge in [-0.15, -0.1) is 0 Å². The Balaban J connectivity index is 1.65. The molecule has 1 aromatic heterocycles. The molecule has 0 aliphatic heterocycles. The molecule has 1 amide bonds. The molecule has 1 unspecified atom stereocenters. The van der Waals surface area contributed by atoms with Gasteiger partial charge in [-0.1, -0.05) is 12.1 Å². The van der Waals surface area contributed by atoms with Gasteiger partial charge in [0.25, 0.3) is 5.56 Å². The van der Waals surface area contributed by atoms with E-state index in [-0.39, 0.29) is 23.9 Å². The number of amides is 1. The number of nitrogens with two attached hydrogens (primary N) is 1. The van der Waals surface area contributed by atoms with Crippen LogP contribution >= 0.6 is 0 Å². The molecule has 1 aliphatic rings. The molecule has 0 radical (unpaired) electrons. The van der Waals surface area contributed by atoms with E-state index in [2.05, 4.69) is 10.3 Å². The van der Waals surface area contributed by atoms with Crippen LogP contribution in [-0.2, 0) is 11.3 Å². The lowest BCUT2D eigenvalue weighted by molar-refractivity contribution is -0.122. The van der Waals surface area contributed by atoms with Crippen molar-refractivity contribution in [1.82, 2.24) is 14.9 Å². The van der Waals surface area contributed by atoms with E-state index < -0.39 is 0 Å². The first-order valence-electron chi connectivity index (χ1n) is 7.62. The van der Waals surface area contributed by atoms with Gasteiger partial charge in [-0.3, -0.25) is 14.2 Å². The summed E-state index contributed by atoms with van der Waals surface area (Å²) in [4.78, 5) is 28.5. The SMILES string of the molecule is NCC(NC(=O)CCn1cnc2ccccc2c1=O)C1CC1. The average molecular weight is 300 g/mol. The van der Waals surface area contributed by atoms with Gasteiger partial charge < -0.3 is 11.1 Å². The predicted octanol–water partition coefficient (Wildman–Crippen LogP) is 0.640. The summed E-state index contributed by atoms with van der Waals surface area (Å²) >= 11 is 0. The third kappa shape index (κ3) is 3.17. The van der Waals surface area contributed by atoms with Crippen LogP contribution in [0.15, 0.2) is 35.4 Å². The monoisotopic (exact) mass is 300 g/mol. The van der Waals surface area contributed by atoms with Crippen LogP contribution in [-0.4, -0.2) is 28.0 Å². The Labute approximate surface area is 128 Å². The van der Waals surface area contributed by atoms with Gasteiger partial charge in [0.15, 0.2) is 0 Å². The fourth-order valence-electron chi connectivity index (χ4n) is 2.63. The molecule has 2 aromatic rings. The van der Waals surface area contributed by atoms with Crippen LogP contribution in [0.1, 0.15) is 19.3 Å². The molecule has 116 valence electrons. The van der Waals surface area contributed by atoms with Gasteiger partial charge in [0, 0.05) is 25.6 Å². The molecule has 6 nitrogen and oxygen atoms in total. The summed E-state index contributed by atoms with van der Waals surface area (Å²) in [5.74, 6) is 0.460. The first-order valence-corrected chi connectivity index (χ1v) is 7.62. The average Bonchev–Trinajstić information content (AvgIpc) is 3.37. The second-order valence-corrected chi connectivity index (χ2v) is 5.76. The summed E-state index contributed by atoms with van der Waals surface area (Å²) in [5, 5.41) is 3.53. The summed E-state index contributed by atoms with van der Waals surface area (Å²) in [6, 6.07) is 7.27. The molecule has 1 fully saturated rings. The maximum absolute atomic E-state index is 12.3. The van der Waals surface area contributed by atoms with Crippen LogP contribution < -0.4 is 16.6 Å². The van der Waals surface area contributed by atoms with Gasteiger partial charge in [0.05, 0.1) is 17.2 Å². The number of carbonyl (C=O) groups excluding carboxylic acids is 1. The zero-order valence-electron chi connectivity index (χ0n) is 12.4. The second kappa shape index (κ2) is 6.27. The number of hydrogen-bond donors (Lipinski definition) is 2. The third-order valence-electron chi connectivity index (χ3n) is 4.10. The Morgan fingerprint density at radius 1 is 1.41 bits per heavy atom. The number of aryl methyl sites for hydroxylation is 1. The van der Waals surface area contributed by atoms with Crippen molar-refractivity contribution in [3.63, 3.8) is 0 Å². The van der Waals surface area contributed by atoms with Gasteiger partial charge in [-0.2, -0.15) is 0 Å². The molecule has 22 heavy (non-hydrogen) atoms. The molecule has 1 heterocycles. The molecule has 0 bridgehead atoms. The number of aromatic nitrogens is 2. The number of para-hydroxylation sites is 1. The van der Waals surface area contributed by atoms with Crippen LogP contribution in [0.3, 0.4) is 0 Å². The number of nitrogens with one attached hydrogen (secondary N) is 1. The molecule has 3 rings (SSSR count). The molecular formula is C16H20N4O2. The van der Waals surface area contributed by atoms with E-state index in [1.54, 1.807) is 12.1 Å². The summed E-state index contributed by atoms with van der Waals surface area (Å²) in [6.07, 6.45) is 4.02. The Hall–Kier alpha value is -2.21. The summed E-state index contributed by atoms with van der Waals surface area (Å²) in [5.41, 5.74) is 6.23. The highest BCUT2D eigenvalue weighted by molar-refractivity contribution is 5.77. The fraction of sp³-hybridized carbons (Fsp3) is 0.438. The maximum Gasteiger partial charge on any atom is 0.261 e. The molecule has 0 spiro atoms. The van der Waals surface area contributed by atoms with E-state index in [1.165, 1.54) is 10.9 Å². The number of carbonyl (C=O) groups is 1. The third-order valence-corrected chi connectivity index (χ3v) is 4.10. The highest BCUT2D eigenvalue weighted by Gasteiger charge is 2.31. The minimum Gasteiger partial charge on any atom is -0.352 e. The van der Waals surface area contributed by atoms with Crippen molar-refractivity contribution in [3.05, 3.63) is 40.9 Å². The summed E-state index contributed by atoms with van der Waals surface area (Å²) in [7, 11) is 0. The van der Waals surface area contributed by atoms with E-state index in [0.29, 0.717) is 29.9 Å². The van der Waals surface area contributed by atoms with Gasteiger partial charge in [-0.05, 0) is 30.9 Å². The molecule has 1 aliphatic carbocycles. The highest BCUT2D eigenvalue weighted by Crippen LogP contribution is 2.32. The summed E-state index contributed by atoms with van der Waals surface area (Å²) < 4.78 is 1.48. The minimum atomic E-state index is -0.115. The van der Waals surface area contributed by atoms with Gasteiger partial charge in [0.2, 0.25) is 5.91 Å². The molecule has 0 saturated heterocycles. The number of hydrogen-bond acceptors (Lipinski definition) is 4. The molecular weight excluding hydrogens is 280 g/mol. The zero-order valence-corrected chi connectivity index (χ0v) is 12.4. The minimum absolute atomic E-state index is 0.0672. The van der Waals surface area contributed by atoms with Crippen molar-refractivity contribution in [2.75, 3.05) is 6.54 Å². The van der Waals surface area contributed by atoms with E-state index in [9.17, 15) is 9.59 Å². The first-order chi connectivity index (χ1) is 10.7. The van der Waals surface area contributed by atoms with Gasteiger partial charge in [-0.25, -0.2) is 4.98 Å². The topological polar surface area (TPSA) is 90.0 Å². The second-order valence-electron chi connectivity index (χ2n) is 5.76. The maximum atomic E-state index is 12.3. The van der Waals surface area contributed by atoms with Gasteiger partial charge >= 0.3 is 0 Å². The van der Waals surface area contributed by atoms with E-state index in [4.69, 9.17) is 5.73 Å². The van der Waals surface area contributed by atoms with Crippen LogP contribution in [0.4, 0.5) is 0 Å². The van der Waals surface area contributed by atoms with Crippen molar-refractivity contribution in [2.24, 2.45) is 11.7 Å². The normalized spacial score (nSPS) is 15.7. The number of fused-ring (bicyclic) bond motifs is 1. The van der Waals surface area contributed by atoms with Crippen LogP contribution in [0, 0.1) is 5.92 Å². The highest BCUT2D eigenvalue weighted by atomic mass is 16.2. The molecule has 1 aromatic carbocycles. The number of nitrogens with zero attached hydrogens (tertiary/aromatic N) is 2. The Morgan fingerprint density at radius 3 is 2.91 bits per heavy atom. The van der Waals surface area contributed by atoms with Crippen LogP contribution in [0.5, 0.6) is 0 Å². The lowest BCUT2D eigenvalue weighted by atomic mass is 10.2. The molecule has 1 saturated carbocycles. The Bertz CT molecular complexity index is 736. The summed E-state index contributed by atoms with van der Waals surface area (Å²) in [6.45, 7) is 0.790. The van der Waals surface area contributed by atoms with Crippen molar-refractivity contribution < 1.29 is 4.79 Å². The van der Waals surface area contributed by atoms with E-state index >= 15 is 0 Å². The molecule has 3 N–H and O–H groups in total. The Morgan fingerprint density at radius 2 is 2.18 bits per heavy atom. The fourth-order valence-corrected chi connectivity index (χ4v) is 2.63. The standard InChI is InChI=1S/C16H20N4O2/c17-9-14(11-5-6-11)19-15(21)7-8-20-10-18-13-4-2-1-3-12(13)16(20)22/h1-4,10-11,14H,5-9,17H2,(H,19,21). The molecule has 6 heteroatoms. The van der Waals surface area contributed by atoms with Crippen LogP contribution in [0.25, 0.3) is 10.9 Å². The predicted molar refractivity (Wildman–Crippen MR) is 84.3 cm³/mol. The number of rotatable bonds is 6.